The summed E-state index contributed by atoms with van der Waals surface area (Å²) in [4.78, 5) is 10.5. The number of nitrogens with one attached hydrogen (secondary N) is 1. The van der Waals surface area contributed by atoms with E-state index in [4.69, 9.17) is 27.9 Å². The Hall–Kier alpha value is -1.98. The van der Waals surface area contributed by atoms with Gasteiger partial charge in [0.05, 0.1) is 4.92 Å². The molecule has 0 aliphatic heterocycles. The Kier molecular flexibility index (Phi) is 4.88. The second-order valence-corrected chi connectivity index (χ2v) is 5.13. The van der Waals surface area contributed by atoms with E-state index in [1.165, 1.54) is 6.07 Å². The maximum absolute atomic E-state index is 11.0. The molecule has 0 aliphatic carbocycles. The van der Waals surface area contributed by atoms with Crippen molar-refractivity contribution in [1.29, 1.82) is 0 Å². The summed E-state index contributed by atoms with van der Waals surface area (Å²) < 4.78 is 5.55. The lowest BCUT2D eigenvalue weighted by molar-refractivity contribution is -0.384. The van der Waals surface area contributed by atoms with Gasteiger partial charge in [-0.15, -0.1) is 0 Å². The number of nitro groups is 1. The van der Waals surface area contributed by atoms with E-state index in [2.05, 4.69) is 5.32 Å². The highest BCUT2D eigenvalue weighted by Crippen LogP contribution is 2.27. The van der Waals surface area contributed by atoms with Crippen molar-refractivity contribution in [1.82, 2.24) is 0 Å². The van der Waals surface area contributed by atoms with Crippen LogP contribution in [0.25, 0.3) is 0 Å². The van der Waals surface area contributed by atoms with Crippen LogP contribution in [0, 0.1) is 10.1 Å². The normalized spacial score (nSPS) is 10.2. The Morgan fingerprint density at radius 2 is 1.86 bits per heavy atom. The first-order valence-corrected chi connectivity index (χ1v) is 6.79. The summed E-state index contributed by atoms with van der Waals surface area (Å²) in [7, 11) is 1.63. The van der Waals surface area contributed by atoms with Gasteiger partial charge >= 0.3 is 0 Å². The molecular weight excluding hydrogens is 315 g/mol. The van der Waals surface area contributed by atoms with Crippen LogP contribution < -0.4 is 10.1 Å². The third-order valence-corrected chi connectivity index (χ3v) is 3.21. The molecule has 2 aromatic carbocycles. The minimum atomic E-state index is -0.439. The SMILES string of the molecule is CNc1ccc(COc2cc(Cl)cc(Cl)c2)cc1[N+](=O)[O-]. The van der Waals surface area contributed by atoms with Gasteiger partial charge in [-0.1, -0.05) is 29.3 Å². The van der Waals surface area contributed by atoms with Crippen LogP contribution in [0.2, 0.25) is 10.0 Å². The molecule has 0 amide bonds. The number of nitro benzene ring substituents is 1. The first-order chi connectivity index (χ1) is 9.99. The van der Waals surface area contributed by atoms with Gasteiger partial charge in [0.25, 0.3) is 5.69 Å². The van der Waals surface area contributed by atoms with Gasteiger partial charge in [0.1, 0.15) is 18.0 Å². The average Bonchev–Trinajstić information content (AvgIpc) is 2.43. The largest absolute Gasteiger partial charge is 0.489 e. The first-order valence-electron chi connectivity index (χ1n) is 6.03. The van der Waals surface area contributed by atoms with Gasteiger partial charge < -0.3 is 10.1 Å². The summed E-state index contributed by atoms with van der Waals surface area (Å²) >= 11 is 11.8. The summed E-state index contributed by atoms with van der Waals surface area (Å²) in [5.74, 6) is 0.507. The van der Waals surface area contributed by atoms with Crippen LogP contribution in [-0.2, 0) is 6.61 Å². The molecule has 1 N–H and O–H groups in total. The van der Waals surface area contributed by atoms with E-state index in [0.29, 0.717) is 27.0 Å². The standard InChI is InChI=1S/C14H12Cl2N2O3/c1-17-13-3-2-9(4-14(13)18(19)20)8-21-12-6-10(15)5-11(16)7-12/h2-7,17H,8H2,1H3. The zero-order valence-corrected chi connectivity index (χ0v) is 12.6. The predicted octanol–water partition coefficient (Wildman–Crippen LogP) is 4.52. The predicted molar refractivity (Wildman–Crippen MR) is 83.4 cm³/mol. The number of nitrogens with zero attached hydrogens (tertiary/aromatic N) is 1. The van der Waals surface area contributed by atoms with Gasteiger partial charge in [0.15, 0.2) is 0 Å². The minimum absolute atomic E-state index is 0.00252. The van der Waals surface area contributed by atoms with Crippen molar-refractivity contribution in [2.75, 3.05) is 12.4 Å². The molecule has 5 nitrogen and oxygen atoms in total. The Bertz CT molecular complexity index is 657. The fourth-order valence-corrected chi connectivity index (χ4v) is 2.31. The zero-order chi connectivity index (χ0) is 15.4. The van der Waals surface area contributed by atoms with E-state index < -0.39 is 4.92 Å². The number of benzene rings is 2. The molecule has 21 heavy (non-hydrogen) atoms. The number of ether oxygens (including phenoxy) is 1. The van der Waals surface area contributed by atoms with Gasteiger partial charge in [-0.25, -0.2) is 0 Å². The van der Waals surface area contributed by atoms with Crippen molar-refractivity contribution in [3.8, 4) is 5.75 Å². The van der Waals surface area contributed by atoms with E-state index >= 15 is 0 Å². The Labute approximate surface area is 131 Å². The van der Waals surface area contributed by atoms with E-state index in [1.807, 2.05) is 0 Å². The maximum atomic E-state index is 11.0. The van der Waals surface area contributed by atoms with Crippen LogP contribution in [-0.4, -0.2) is 12.0 Å². The van der Waals surface area contributed by atoms with Crippen LogP contribution in [0.4, 0.5) is 11.4 Å². The van der Waals surface area contributed by atoms with Crippen molar-refractivity contribution < 1.29 is 9.66 Å². The van der Waals surface area contributed by atoms with Crippen molar-refractivity contribution in [2.45, 2.75) is 6.61 Å². The molecule has 0 atom stereocenters. The molecule has 0 unspecified atom stereocenters. The third-order valence-electron chi connectivity index (χ3n) is 2.77. The minimum Gasteiger partial charge on any atom is -0.489 e. The number of hydrogen-bond donors (Lipinski definition) is 1. The van der Waals surface area contributed by atoms with Crippen LogP contribution in [0.3, 0.4) is 0 Å². The topological polar surface area (TPSA) is 64.4 Å². The van der Waals surface area contributed by atoms with Gasteiger partial charge in [-0.2, -0.15) is 0 Å². The van der Waals surface area contributed by atoms with Crippen molar-refractivity contribution in [3.05, 3.63) is 62.1 Å². The molecule has 0 radical (unpaired) electrons. The molecule has 2 aromatic rings. The van der Waals surface area contributed by atoms with Crippen molar-refractivity contribution in [3.63, 3.8) is 0 Å². The molecule has 0 heterocycles. The van der Waals surface area contributed by atoms with Crippen LogP contribution in [0.15, 0.2) is 36.4 Å². The average molecular weight is 327 g/mol. The first kappa shape index (κ1) is 15.4. The third kappa shape index (κ3) is 4.00. The molecule has 0 saturated carbocycles. The van der Waals surface area contributed by atoms with Crippen molar-refractivity contribution in [2.24, 2.45) is 0 Å². The molecule has 2 rings (SSSR count). The second-order valence-electron chi connectivity index (χ2n) is 4.25. The highest BCUT2D eigenvalue weighted by atomic mass is 35.5. The smallest absolute Gasteiger partial charge is 0.292 e. The van der Waals surface area contributed by atoms with E-state index in [-0.39, 0.29) is 12.3 Å². The summed E-state index contributed by atoms with van der Waals surface area (Å²) in [5.41, 5.74) is 1.13. The molecule has 0 saturated heterocycles. The van der Waals surface area contributed by atoms with Crippen LogP contribution >= 0.6 is 23.2 Å². The summed E-state index contributed by atoms with van der Waals surface area (Å²) in [6.07, 6.45) is 0. The molecular formula is C14H12Cl2N2O3. The quantitative estimate of drug-likeness (QED) is 0.648. The Morgan fingerprint density at radius 1 is 1.19 bits per heavy atom. The molecule has 0 aromatic heterocycles. The molecule has 0 aliphatic rings. The van der Waals surface area contributed by atoms with Crippen molar-refractivity contribution >= 4 is 34.6 Å². The summed E-state index contributed by atoms with van der Waals surface area (Å²) in [6, 6.07) is 9.72. The van der Waals surface area contributed by atoms with Gasteiger partial charge in [0, 0.05) is 23.2 Å². The lowest BCUT2D eigenvalue weighted by Crippen LogP contribution is -2.00. The van der Waals surface area contributed by atoms with Crippen LogP contribution in [0.5, 0.6) is 5.75 Å². The number of rotatable bonds is 5. The summed E-state index contributed by atoms with van der Waals surface area (Å²) in [6.45, 7) is 0.182. The summed E-state index contributed by atoms with van der Waals surface area (Å²) in [5, 5.41) is 14.7. The number of anilines is 1. The van der Waals surface area contributed by atoms with Gasteiger partial charge in [-0.05, 0) is 29.8 Å². The molecule has 110 valence electrons. The highest BCUT2D eigenvalue weighted by molar-refractivity contribution is 6.34. The second kappa shape index (κ2) is 6.65. The zero-order valence-electron chi connectivity index (χ0n) is 11.1. The van der Waals surface area contributed by atoms with E-state index in [1.54, 1.807) is 37.4 Å². The van der Waals surface area contributed by atoms with E-state index in [0.717, 1.165) is 0 Å². The fourth-order valence-electron chi connectivity index (χ4n) is 1.81. The maximum Gasteiger partial charge on any atom is 0.292 e. The molecule has 0 spiro atoms. The Morgan fingerprint density at radius 3 is 2.43 bits per heavy atom. The monoisotopic (exact) mass is 326 g/mol. The molecule has 0 bridgehead atoms. The van der Waals surface area contributed by atoms with Gasteiger partial charge in [-0.3, -0.25) is 10.1 Å². The molecule has 7 heteroatoms. The number of halogens is 2. The lowest BCUT2D eigenvalue weighted by Gasteiger charge is -2.08. The highest BCUT2D eigenvalue weighted by Gasteiger charge is 2.13. The lowest BCUT2D eigenvalue weighted by atomic mass is 10.2. The van der Waals surface area contributed by atoms with Crippen LogP contribution in [0.1, 0.15) is 5.56 Å². The fraction of sp³-hybridized carbons (Fsp3) is 0.143. The Balaban J connectivity index is 2.16. The molecule has 0 fully saturated rings. The van der Waals surface area contributed by atoms with Gasteiger partial charge in [0.2, 0.25) is 0 Å². The number of hydrogen-bond acceptors (Lipinski definition) is 4. The van der Waals surface area contributed by atoms with E-state index in [9.17, 15) is 10.1 Å².